The first-order valence-electron chi connectivity index (χ1n) is 5.98. The van der Waals surface area contributed by atoms with Gasteiger partial charge in [-0.15, -0.1) is 0 Å². The van der Waals surface area contributed by atoms with E-state index < -0.39 is 0 Å². The zero-order chi connectivity index (χ0) is 13.2. The fourth-order valence-electron chi connectivity index (χ4n) is 1.80. The summed E-state index contributed by atoms with van der Waals surface area (Å²) in [5.41, 5.74) is 2.45. The Morgan fingerprint density at radius 2 is 1.95 bits per heavy atom. The molecule has 0 unspecified atom stereocenters. The number of benzene rings is 2. The van der Waals surface area contributed by atoms with Crippen LogP contribution in [-0.4, -0.2) is 10.1 Å². The molecule has 19 heavy (non-hydrogen) atoms. The summed E-state index contributed by atoms with van der Waals surface area (Å²) in [6, 6.07) is 12.6. The summed E-state index contributed by atoms with van der Waals surface area (Å²) in [4.78, 5) is 4.25. The van der Waals surface area contributed by atoms with Crippen LogP contribution in [0.15, 0.2) is 46.9 Å². The van der Waals surface area contributed by atoms with Gasteiger partial charge >= 0.3 is 0 Å². The molecule has 0 aliphatic heterocycles. The molecule has 0 amide bonds. The Balaban J connectivity index is 1.76. The van der Waals surface area contributed by atoms with E-state index in [1.54, 1.807) is 18.2 Å². The molecular weight excluding hydrogens is 242 g/mol. The van der Waals surface area contributed by atoms with Crippen LogP contribution in [0.25, 0.3) is 11.1 Å². The van der Waals surface area contributed by atoms with Crippen LogP contribution in [0.1, 0.15) is 11.5 Å². The molecule has 4 heteroatoms. The van der Waals surface area contributed by atoms with Crippen molar-refractivity contribution < 1.29 is 14.3 Å². The number of ether oxygens (including phenoxy) is 1. The van der Waals surface area contributed by atoms with Gasteiger partial charge in [0.15, 0.2) is 12.2 Å². The molecule has 0 spiro atoms. The summed E-state index contributed by atoms with van der Waals surface area (Å²) in [5, 5.41) is 9.36. The maximum absolute atomic E-state index is 9.36. The number of oxazole rings is 1. The number of phenolic OH excluding ortho intramolecular Hbond substituents is 1. The number of rotatable bonds is 3. The van der Waals surface area contributed by atoms with Crippen molar-refractivity contribution in [2.45, 2.75) is 13.5 Å². The number of aromatic hydroxyl groups is 1. The largest absolute Gasteiger partial charge is 0.508 e. The van der Waals surface area contributed by atoms with Crippen LogP contribution in [0.4, 0.5) is 0 Å². The number of phenols is 1. The molecule has 0 saturated heterocycles. The van der Waals surface area contributed by atoms with Crippen molar-refractivity contribution in [2.75, 3.05) is 0 Å². The lowest BCUT2D eigenvalue weighted by atomic mass is 10.2. The number of hydrogen-bond acceptors (Lipinski definition) is 4. The van der Waals surface area contributed by atoms with Gasteiger partial charge in [0.05, 0.1) is 0 Å². The molecule has 4 nitrogen and oxygen atoms in total. The van der Waals surface area contributed by atoms with E-state index in [9.17, 15) is 5.11 Å². The number of hydrogen-bond donors (Lipinski definition) is 1. The second-order valence-electron chi connectivity index (χ2n) is 4.36. The monoisotopic (exact) mass is 255 g/mol. The van der Waals surface area contributed by atoms with Gasteiger partial charge in [0, 0.05) is 6.07 Å². The summed E-state index contributed by atoms with van der Waals surface area (Å²) in [6.45, 7) is 2.29. The Morgan fingerprint density at radius 3 is 2.74 bits per heavy atom. The van der Waals surface area contributed by atoms with Crippen LogP contribution in [0.2, 0.25) is 0 Å². The molecule has 0 fully saturated rings. The quantitative estimate of drug-likeness (QED) is 0.779. The first-order valence-corrected chi connectivity index (χ1v) is 5.98. The Morgan fingerprint density at radius 1 is 1.16 bits per heavy atom. The van der Waals surface area contributed by atoms with Gasteiger partial charge < -0.3 is 14.3 Å². The number of aryl methyl sites for hydroxylation is 1. The Hall–Kier alpha value is -2.49. The highest BCUT2D eigenvalue weighted by Crippen LogP contribution is 2.21. The van der Waals surface area contributed by atoms with Crippen LogP contribution in [0.5, 0.6) is 11.5 Å². The van der Waals surface area contributed by atoms with Crippen LogP contribution < -0.4 is 4.74 Å². The molecule has 0 atom stereocenters. The fraction of sp³-hybridized carbons (Fsp3) is 0.133. The van der Waals surface area contributed by atoms with E-state index in [0.717, 1.165) is 5.75 Å². The molecule has 0 bridgehead atoms. The summed E-state index contributed by atoms with van der Waals surface area (Å²) in [5.74, 6) is 1.43. The summed E-state index contributed by atoms with van der Waals surface area (Å²) < 4.78 is 11.1. The zero-order valence-electron chi connectivity index (χ0n) is 10.5. The van der Waals surface area contributed by atoms with Gasteiger partial charge in [0.2, 0.25) is 5.89 Å². The maximum atomic E-state index is 9.36. The van der Waals surface area contributed by atoms with E-state index in [4.69, 9.17) is 9.15 Å². The molecule has 96 valence electrons. The lowest BCUT2D eigenvalue weighted by molar-refractivity contribution is 0.267. The molecule has 1 heterocycles. The zero-order valence-corrected chi connectivity index (χ0v) is 10.5. The highest BCUT2D eigenvalue weighted by Gasteiger charge is 2.07. The van der Waals surface area contributed by atoms with Crippen molar-refractivity contribution in [2.24, 2.45) is 0 Å². The molecule has 0 aliphatic rings. The molecule has 0 radical (unpaired) electrons. The molecule has 1 aromatic heterocycles. The summed E-state index contributed by atoms with van der Waals surface area (Å²) >= 11 is 0. The SMILES string of the molecule is Cc1ccc(OCc2nc3cc(O)ccc3o2)cc1. The minimum atomic E-state index is 0.173. The van der Waals surface area contributed by atoms with Crippen LogP contribution in [-0.2, 0) is 6.61 Å². The van der Waals surface area contributed by atoms with Gasteiger partial charge in [-0.2, -0.15) is 0 Å². The lowest BCUT2D eigenvalue weighted by Crippen LogP contribution is -1.95. The second kappa shape index (κ2) is 4.65. The van der Waals surface area contributed by atoms with Crippen molar-refractivity contribution in [3.05, 3.63) is 53.9 Å². The number of aromatic nitrogens is 1. The second-order valence-corrected chi connectivity index (χ2v) is 4.36. The van der Waals surface area contributed by atoms with Gasteiger partial charge in [0.25, 0.3) is 0 Å². The van der Waals surface area contributed by atoms with Crippen LogP contribution in [0.3, 0.4) is 0 Å². The van der Waals surface area contributed by atoms with E-state index in [0.29, 0.717) is 17.0 Å². The van der Waals surface area contributed by atoms with Gasteiger partial charge in [-0.3, -0.25) is 0 Å². The smallest absolute Gasteiger partial charge is 0.233 e. The average molecular weight is 255 g/mol. The first-order chi connectivity index (χ1) is 9.20. The van der Waals surface area contributed by atoms with Crippen molar-refractivity contribution >= 4 is 11.1 Å². The van der Waals surface area contributed by atoms with E-state index in [1.807, 2.05) is 31.2 Å². The summed E-state index contributed by atoms with van der Waals surface area (Å²) in [6.07, 6.45) is 0. The van der Waals surface area contributed by atoms with E-state index in [2.05, 4.69) is 4.98 Å². The number of fused-ring (bicyclic) bond motifs is 1. The highest BCUT2D eigenvalue weighted by atomic mass is 16.5. The molecule has 1 N–H and O–H groups in total. The van der Waals surface area contributed by atoms with Crippen LogP contribution in [0, 0.1) is 6.92 Å². The fourth-order valence-corrected chi connectivity index (χ4v) is 1.80. The predicted molar refractivity (Wildman–Crippen MR) is 71.2 cm³/mol. The van der Waals surface area contributed by atoms with Crippen molar-refractivity contribution in [3.63, 3.8) is 0 Å². The van der Waals surface area contributed by atoms with E-state index in [1.165, 1.54) is 5.56 Å². The molecule has 3 rings (SSSR count). The topological polar surface area (TPSA) is 55.5 Å². The van der Waals surface area contributed by atoms with E-state index in [-0.39, 0.29) is 12.4 Å². The summed E-state index contributed by atoms with van der Waals surface area (Å²) in [7, 11) is 0. The average Bonchev–Trinajstić information content (AvgIpc) is 2.80. The third-order valence-electron chi connectivity index (χ3n) is 2.80. The number of nitrogens with zero attached hydrogens (tertiary/aromatic N) is 1. The van der Waals surface area contributed by atoms with Gasteiger partial charge in [-0.05, 0) is 31.2 Å². The van der Waals surface area contributed by atoms with Crippen molar-refractivity contribution in [1.82, 2.24) is 4.98 Å². The molecular formula is C15H13NO3. The van der Waals surface area contributed by atoms with Crippen molar-refractivity contribution in [1.29, 1.82) is 0 Å². The lowest BCUT2D eigenvalue weighted by Gasteiger charge is -2.03. The van der Waals surface area contributed by atoms with Gasteiger partial charge in [0.1, 0.15) is 17.0 Å². The Labute approximate surface area is 110 Å². The molecule has 3 aromatic rings. The Bertz CT molecular complexity index is 701. The highest BCUT2D eigenvalue weighted by molar-refractivity contribution is 5.74. The maximum Gasteiger partial charge on any atom is 0.233 e. The molecule has 2 aromatic carbocycles. The van der Waals surface area contributed by atoms with Gasteiger partial charge in [-0.25, -0.2) is 4.98 Å². The first kappa shape index (κ1) is 11.6. The standard InChI is InChI=1S/C15H13NO3/c1-10-2-5-12(6-3-10)18-9-15-16-13-8-11(17)4-7-14(13)19-15/h2-8,17H,9H2,1H3. The minimum Gasteiger partial charge on any atom is -0.508 e. The Kier molecular flexibility index (Phi) is 2.83. The molecule has 0 saturated carbocycles. The van der Waals surface area contributed by atoms with Crippen LogP contribution >= 0.6 is 0 Å². The minimum absolute atomic E-state index is 0.173. The third-order valence-corrected chi connectivity index (χ3v) is 2.80. The molecule has 0 aliphatic carbocycles. The third kappa shape index (κ3) is 2.52. The van der Waals surface area contributed by atoms with Crippen molar-refractivity contribution in [3.8, 4) is 11.5 Å². The predicted octanol–water partition coefficient (Wildman–Crippen LogP) is 3.42. The normalized spacial score (nSPS) is 10.8. The van der Waals surface area contributed by atoms with Gasteiger partial charge in [-0.1, -0.05) is 17.7 Å². The van der Waals surface area contributed by atoms with E-state index >= 15 is 0 Å².